The Kier molecular flexibility index (Phi) is 5.83. The Hall–Kier alpha value is -0.860. The molecule has 0 radical (unpaired) electrons. The number of carbonyl (C=O) groups is 1. The van der Waals surface area contributed by atoms with E-state index >= 15 is 0 Å². The minimum absolute atomic E-state index is 0.295. The van der Waals surface area contributed by atoms with Crippen LogP contribution in [0.2, 0.25) is 5.02 Å². The number of hydrogen-bond donors (Lipinski definition) is 1. The second-order valence-electron chi connectivity index (χ2n) is 3.98. The van der Waals surface area contributed by atoms with Crippen molar-refractivity contribution in [2.24, 2.45) is 0 Å². The van der Waals surface area contributed by atoms with Crippen LogP contribution in [0.15, 0.2) is 47.4 Å². The molecule has 7 heteroatoms. The Labute approximate surface area is 143 Å². The molecule has 1 amide bonds. The lowest BCUT2D eigenvalue weighted by atomic mass is 10.2. The van der Waals surface area contributed by atoms with E-state index in [1.165, 1.54) is 12.1 Å². The highest BCUT2D eigenvalue weighted by Gasteiger charge is 2.11. The Morgan fingerprint density at radius 1 is 1.19 bits per heavy atom. The van der Waals surface area contributed by atoms with Crippen LogP contribution in [0.5, 0.6) is 0 Å². The summed E-state index contributed by atoms with van der Waals surface area (Å²) >= 11 is 8.39. The topological polar surface area (TPSA) is 29.1 Å². The molecule has 0 heterocycles. The number of amides is 1. The standard InChI is InChI=1S/C14H9ClF2INOS/c15-8-1-6-12(18)11(7-8)13(20)19-9-2-4-10(5-3-9)21-14(16)17/h1-7,14H,(H,19,20). The summed E-state index contributed by atoms with van der Waals surface area (Å²) in [7, 11) is 0. The fourth-order valence-corrected chi connectivity index (χ4v) is 2.84. The lowest BCUT2D eigenvalue weighted by Crippen LogP contribution is -2.13. The van der Waals surface area contributed by atoms with Gasteiger partial charge in [0.2, 0.25) is 0 Å². The van der Waals surface area contributed by atoms with Crippen molar-refractivity contribution in [1.82, 2.24) is 0 Å². The van der Waals surface area contributed by atoms with Crippen molar-refractivity contribution in [3.8, 4) is 0 Å². The van der Waals surface area contributed by atoms with E-state index in [1.54, 1.807) is 30.3 Å². The maximum Gasteiger partial charge on any atom is 0.288 e. The van der Waals surface area contributed by atoms with Gasteiger partial charge in [-0.1, -0.05) is 23.4 Å². The van der Waals surface area contributed by atoms with Gasteiger partial charge in [-0.2, -0.15) is 8.78 Å². The monoisotopic (exact) mass is 439 g/mol. The Morgan fingerprint density at radius 3 is 2.48 bits per heavy atom. The molecule has 2 rings (SSSR count). The van der Waals surface area contributed by atoms with Crippen LogP contribution in [0, 0.1) is 3.57 Å². The van der Waals surface area contributed by atoms with Gasteiger partial charge < -0.3 is 5.32 Å². The van der Waals surface area contributed by atoms with Crippen molar-refractivity contribution >= 4 is 57.5 Å². The van der Waals surface area contributed by atoms with Crippen molar-refractivity contribution in [2.75, 3.05) is 5.32 Å². The predicted octanol–water partition coefficient (Wildman–Crippen LogP) is 5.51. The molecule has 21 heavy (non-hydrogen) atoms. The molecule has 0 atom stereocenters. The van der Waals surface area contributed by atoms with Crippen LogP contribution >= 0.6 is 46.0 Å². The van der Waals surface area contributed by atoms with Crippen molar-refractivity contribution in [3.63, 3.8) is 0 Å². The smallest absolute Gasteiger partial charge is 0.288 e. The Morgan fingerprint density at radius 2 is 1.86 bits per heavy atom. The second-order valence-corrected chi connectivity index (χ2v) is 6.64. The highest BCUT2D eigenvalue weighted by molar-refractivity contribution is 14.1. The Bertz CT molecular complexity index is 652. The summed E-state index contributed by atoms with van der Waals surface area (Å²) in [5.41, 5.74) is 1.00. The predicted molar refractivity (Wildman–Crippen MR) is 90.4 cm³/mol. The van der Waals surface area contributed by atoms with Crippen molar-refractivity contribution in [2.45, 2.75) is 10.7 Å². The molecule has 0 unspecified atom stereocenters. The van der Waals surface area contributed by atoms with Gasteiger partial charge in [-0.05, 0) is 65.1 Å². The number of carbonyl (C=O) groups excluding carboxylic acids is 1. The van der Waals surface area contributed by atoms with Gasteiger partial charge in [0.25, 0.3) is 11.7 Å². The maximum atomic E-state index is 12.2. The zero-order chi connectivity index (χ0) is 15.4. The first-order valence-corrected chi connectivity index (χ1v) is 8.10. The van der Waals surface area contributed by atoms with Crippen LogP contribution in [-0.4, -0.2) is 11.7 Å². The first kappa shape index (κ1) is 16.5. The lowest BCUT2D eigenvalue weighted by molar-refractivity contribution is 0.102. The van der Waals surface area contributed by atoms with Gasteiger partial charge in [0.05, 0.1) is 5.56 Å². The van der Waals surface area contributed by atoms with Gasteiger partial charge in [-0.15, -0.1) is 0 Å². The number of nitrogens with one attached hydrogen (secondary N) is 1. The van der Waals surface area contributed by atoms with Crippen LogP contribution < -0.4 is 5.32 Å². The van der Waals surface area contributed by atoms with E-state index in [1.807, 2.05) is 22.6 Å². The Balaban J connectivity index is 2.10. The number of thioether (sulfide) groups is 1. The first-order valence-electron chi connectivity index (χ1n) is 5.77. The van der Waals surface area contributed by atoms with Crippen LogP contribution in [-0.2, 0) is 0 Å². The van der Waals surface area contributed by atoms with E-state index in [2.05, 4.69) is 5.32 Å². The first-order chi connectivity index (χ1) is 9.95. The van der Waals surface area contributed by atoms with E-state index in [0.29, 0.717) is 32.9 Å². The van der Waals surface area contributed by atoms with Crippen LogP contribution in [0.3, 0.4) is 0 Å². The van der Waals surface area contributed by atoms with Gasteiger partial charge in [0, 0.05) is 19.2 Å². The summed E-state index contributed by atoms with van der Waals surface area (Å²) in [6, 6.07) is 11.3. The van der Waals surface area contributed by atoms with E-state index in [0.717, 1.165) is 3.57 Å². The number of halogens is 4. The fraction of sp³-hybridized carbons (Fsp3) is 0.0714. The highest BCUT2D eigenvalue weighted by atomic mass is 127. The average molecular weight is 440 g/mol. The lowest BCUT2D eigenvalue weighted by Gasteiger charge is -2.08. The summed E-state index contributed by atoms with van der Waals surface area (Å²) < 4.78 is 25.2. The molecule has 0 spiro atoms. The summed E-state index contributed by atoms with van der Waals surface area (Å²) in [6.45, 7) is 0. The molecule has 0 bridgehead atoms. The van der Waals surface area contributed by atoms with Gasteiger partial charge >= 0.3 is 0 Å². The normalized spacial score (nSPS) is 10.7. The molecular formula is C14H9ClF2INOS. The van der Waals surface area contributed by atoms with Crippen molar-refractivity contribution < 1.29 is 13.6 Å². The second kappa shape index (κ2) is 7.42. The largest absolute Gasteiger partial charge is 0.322 e. The van der Waals surface area contributed by atoms with Crippen LogP contribution in [0.1, 0.15) is 10.4 Å². The van der Waals surface area contributed by atoms with E-state index in [4.69, 9.17) is 11.6 Å². The zero-order valence-corrected chi connectivity index (χ0v) is 14.2. The molecule has 0 aromatic heterocycles. The average Bonchev–Trinajstić information content (AvgIpc) is 2.43. The zero-order valence-electron chi connectivity index (χ0n) is 10.4. The third kappa shape index (κ3) is 4.82. The minimum atomic E-state index is -2.46. The third-order valence-corrected chi connectivity index (χ3v) is 4.41. The number of hydrogen-bond acceptors (Lipinski definition) is 2. The van der Waals surface area contributed by atoms with E-state index in [-0.39, 0.29) is 5.91 Å². The molecule has 0 aliphatic rings. The van der Waals surface area contributed by atoms with Gasteiger partial charge in [-0.3, -0.25) is 4.79 Å². The van der Waals surface area contributed by atoms with Crippen molar-refractivity contribution in [1.29, 1.82) is 0 Å². The van der Waals surface area contributed by atoms with Gasteiger partial charge in [0.15, 0.2) is 0 Å². The molecule has 1 N–H and O–H groups in total. The third-order valence-electron chi connectivity index (χ3n) is 2.51. The SMILES string of the molecule is O=C(Nc1ccc(SC(F)F)cc1)c1cc(Cl)ccc1I. The molecule has 0 saturated carbocycles. The number of anilines is 1. The molecule has 0 aliphatic heterocycles. The minimum Gasteiger partial charge on any atom is -0.322 e. The maximum absolute atomic E-state index is 12.2. The van der Waals surface area contributed by atoms with Gasteiger partial charge in [-0.25, -0.2) is 0 Å². The molecule has 0 aliphatic carbocycles. The van der Waals surface area contributed by atoms with E-state index < -0.39 is 5.76 Å². The number of rotatable bonds is 4. The number of alkyl halides is 2. The van der Waals surface area contributed by atoms with E-state index in [9.17, 15) is 13.6 Å². The summed E-state index contributed by atoms with van der Waals surface area (Å²) in [6.07, 6.45) is 0. The highest BCUT2D eigenvalue weighted by Crippen LogP contribution is 2.26. The molecule has 0 fully saturated rings. The summed E-state index contributed by atoms with van der Waals surface area (Å²) in [5, 5.41) is 3.18. The molecular weight excluding hydrogens is 431 g/mol. The quantitative estimate of drug-likeness (QED) is 0.503. The van der Waals surface area contributed by atoms with Crippen LogP contribution in [0.25, 0.3) is 0 Å². The molecule has 0 saturated heterocycles. The molecule has 2 nitrogen and oxygen atoms in total. The van der Waals surface area contributed by atoms with Crippen molar-refractivity contribution in [3.05, 3.63) is 56.6 Å². The summed E-state index contributed by atoms with van der Waals surface area (Å²) in [5.74, 6) is -2.75. The molecule has 110 valence electrons. The number of benzene rings is 2. The summed E-state index contributed by atoms with van der Waals surface area (Å²) in [4.78, 5) is 12.6. The fourth-order valence-electron chi connectivity index (χ4n) is 1.59. The van der Waals surface area contributed by atoms with Gasteiger partial charge in [0.1, 0.15) is 0 Å². The molecule has 2 aromatic rings. The molecule has 2 aromatic carbocycles. The van der Waals surface area contributed by atoms with Crippen LogP contribution in [0.4, 0.5) is 14.5 Å².